The second-order valence-corrected chi connectivity index (χ2v) is 4.89. The Morgan fingerprint density at radius 3 is 2.79 bits per heavy atom. The molecular formula is C14H8Cl2N2O. The highest BCUT2D eigenvalue weighted by atomic mass is 35.5. The number of hydrogen-bond donors (Lipinski definition) is 0. The van der Waals surface area contributed by atoms with Gasteiger partial charge in [-0.05, 0) is 30.3 Å². The van der Waals surface area contributed by atoms with E-state index in [0.29, 0.717) is 21.2 Å². The molecule has 0 aliphatic heterocycles. The first-order chi connectivity index (χ1) is 9.16. The molecule has 19 heavy (non-hydrogen) atoms. The van der Waals surface area contributed by atoms with Gasteiger partial charge in [-0.25, -0.2) is 4.52 Å². The van der Waals surface area contributed by atoms with Crippen molar-refractivity contribution in [2.24, 2.45) is 0 Å². The molecule has 0 aliphatic rings. The quantitative estimate of drug-likeness (QED) is 0.672. The van der Waals surface area contributed by atoms with Gasteiger partial charge in [0, 0.05) is 16.8 Å². The van der Waals surface area contributed by atoms with Crippen LogP contribution in [0.5, 0.6) is 0 Å². The number of rotatable bonds is 2. The van der Waals surface area contributed by atoms with Crippen LogP contribution >= 0.6 is 23.2 Å². The van der Waals surface area contributed by atoms with Crippen molar-refractivity contribution in [1.82, 2.24) is 9.61 Å². The van der Waals surface area contributed by atoms with Crippen molar-refractivity contribution in [3.05, 3.63) is 70.0 Å². The van der Waals surface area contributed by atoms with E-state index in [4.69, 9.17) is 23.2 Å². The summed E-state index contributed by atoms with van der Waals surface area (Å²) in [7, 11) is 0. The second kappa shape index (κ2) is 4.68. The number of carbonyl (C=O) groups is 1. The minimum atomic E-state index is -0.186. The zero-order valence-corrected chi connectivity index (χ0v) is 11.2. The van der Waals surface area contributed by atoms with Gasteiger partial charge in [0.1, 0.15) is 0 Å². The largest absolute Gasteiger partial charge is 0.288 e. The average molecular weight is 291 g/mol. The molecule has 94 valence electrons. The number of pyridine rings is 1. The fourth-order valence-corrected chi connectivity index (χ4v) is 2.30. The second-order valence-electron chi connectivity index (χ2n) is 4.04. The Morgan fingerprint density at radius 2 is 1.95 bits per heavy atom. The molecule has 0 spiro atoms. The third-order valence-corrected chi connectivity index (χ3v) is 3.41. The molecule has 0 atom stereocenters. The number of benzene rings is 1. The third-order valence-electron chi connectivity index (χ3n) is 2.84. The van der Waals surface area contributed by atoms with E-state index in [-0.39, 0.29) is 5.78 Å². The maximum absolute atomic E-state index is 12.5. The van der Waals surface area contributed by atoms with Crippen LogP contribution in [0.1, 0.15) is 15.9 Å². The van der Waals surface area contributed by atoms with E-state index in [1.807, 2.05) is 18.2 Å². The summed E-state index contributed by atoms with van der Waals surface area (Å²) in [5, 5.41) is 4.99. The van der Waals surface area contributed by atoms with Crippen molar-refractivity contribution in [2.75, 3.05) is 0 Å². The van der Waals surface area contributed by atoms with Gasteiger partial charge in [0.25, 0.3) is 0 Å². The molecule has 1 aromatic carbocycles. The van der Waals surface area contributed by atoms with Crippen LogP contribution in [-0.4, -0.2) is 15.4 Å². The summed E-state index contributed by atoms with van der Waals surface area (Å²) in [6.45, 7) is 0. The Balaban J connectivity index is 2.16. The normalized spacial score (nSPS) is 10.8. The predicted octanol–water partition coefficient (Wildman–Crippen LogP) is 3.87. The van der Waals surface area contributed by atoms with Crippen LogP contribution in [0, 0.1) is 0 Å². The number of nitrogens with zero attached hydrogens (tertiary/aromatic N) is 2. The van der Waals surface area contributed by atoms with Crippen molar-refractivity contribution >= 4 is 34.5 Å². The van der Waals surface area contributed by atoms with E-state index >= 15 is 0 Å². The number of halogens is 2. The van der Waals surface area contributed by atoms with Gasteiger partial charge < -0.3 is 0 Å². The fourth-order valence-electron chi connectivity index (χ4n) is 1.93. The van der Waals surface area contributed by atoms with E-state index in [1.165, 1.54) is 6.20 Å². The molecule has 2 aromatic heterocycles. The van der Waals surface area contributed by atoms with Crippen molar-refractivity contribution < 1.29 is 4.79 Å². The monoisotopic (exact) mass is 290 g/mol. The lowest BCUT2D eigenvalue weighted by molar-refractivity contribution is 0.104. The van der Waals surface area contributed by atoms with Crippen LogP contribution in [0.3, 0.4) is 0 Å². The summed E-state index contributed by atoms with van der Waals surface area (Å²) in [4.78, 5) is 12.5. The minimum Gasteiger partial charge on any atom is -0.288 e. The van der Waals surface area contributed by atoms with Crippen LogP contribution in [0.25, 0.3) is 5.52 Å². The van der Waals surface area contributed by atoms with Gasteiger partial charge in [0.05, 0.1) is 22.3 Å². The van der Waals surface area contributed by atoms with Gasteiger partial charge in [-0.2, -0.15) is 5.10 Å². The zero-order chi connectivity index (χ0) is 13.4. The van der Waals surface area contributed by atoms with E-state index in [2.05, 4.69) is 5.10 Å². The molecule has 0 N–H and O–H groups in total. The molecule has 3 aromatic rings. The van der Waals surface area contributed by atoms with Crippen LogP contribution in [0.2, 0.25) is 10.0 Å². The summed E-state index contributed by atoms with van der Waals surface area (Å²) in [6, 6.07) is 10.4. The first-order valence-corrected chi connectivity index (χ1v) is 6.34. The molecule has 5 heteroatoms. The molecule has 0 bridgehead atoms. The number of aromatic nitrogens is 2. The van der Waals surface area contributed by atoms with Gasteiger partial charge in [-0.3, -0.25) is 4.79 Å². The molecule has 0 saturated carbocycles. The SMILES string of the molecule is O=C(c1cc(Cl)ccc1Cl)c1cnn2ccccc12. The van der Waals surface area contributed by atoms with Crippen molar-refractivity contribution in [2.45, 2.75) is 0 Å². The Labute approximate surface area is 119 Å². The maximum atomic E-state index is 12.5. The Kier molecular flexibility index (Phi) is 3.01. The smallest absolute Gasteiger partial charge is 0.198 e. The summed E-state index contributed by atoms with van der Waals surface area (Å²) < 4.78 is 1.64. The van der Waals surface area contributed by atoms with Crippen molar-refractivity contribution in [3.63, 3.8) is 0 Å². The fraction of sp³-hybridized carbons (Fsp3) is 0. The summed E-state index contributed by atoms with van der Waals surface area (Å²) in [5.41, 5.74) is 1.63. The van der Waals surface area contributed by atoms with Gasteiger partial charge in [-0.15, -0.1) is 0 Å². The molecule has 3 rings (SSSR count). The van der Waals surface area contributed by atoms with Crippen molar-refractivity contribution in [1.29, 1.82) is 0 Å². The highest BCUT2D eigenvalue weighted by Crippen LogP contribution is 2.24. The van der Waals surface area contributed by atoms with E-state index < -0.39 is 0 Å². The standard InChI is InChI=1S/C14H8Cl2N2O/c15-9-4-5-12(16)10(7-9)14(19)11-8-17-18-6-2-1-3-13(11)18/h1-8H. The van der Waals surface area contributed by atoms with E-state index in [9.17, 15) is 4.79 Å². The molecule has 0 unspecified atom stereocenters. The highest BCUT2D eigenvalue weighted by molar-refractivity contribution is 6.37. The number of hydrogen-bond acceptors (Lipinski definition) is 2. The first-order valence-electron chi connectivity index (χ1n) is 5.59. The van der Waals surface area contributed by atoms with Gasteiger partial charge in [0.2, 0.25) is 0 Å². The summed E-state index contributed by atoms with van der Waals surface area (Å²) in [5.74, 6) is -0.186. The van der Waals surface area contributed by atoms with Gasteiger partial charge >= 0.3 is 0 Å². The highest BCUT2D eigenvalue weighted by Gasteiger charge is 2.17. The van der Waals surface area contributed by atoms with Crippen LogP contribution in [0.15, 0.2) is 48.8 Å². The molecule has 0 amide bonds. The molecule has 0 radical (unpaired) electrons. The Morgan fingerprint density at radius 1 is 1.11 bits per heavy atom. The molecule has 0 saturated heterocycles. The Bertz CT molecular complexity index is 780. The topological polar surface area (TPSA) is 34.4 Å². The molecule has 0 aliphatic carbocycles. The number of ketones is 1. The van der Waals surface area contributed by atoms with Crippen molar-refractivity contribution in [3.8, 4) is 0 Å². The molecule has 0 fully saturated rings. The lowest BCUT2D eigenvalue weighted by atomic mass is 10.0. The maximum Gasteiger partial charge on any atom is 0.198 e. The van der Waals surface area contributed by atoms with Gasteiger partial charge in [-0.1, -0.05) is 29.3 Å². The minimum absolute atomic E-state index is 0.186. The van der Waals surface area contributed by atoms with Crippen LogP contribution in [-0.2, 0) is 0 Å². The molecular weight excluding hydrogens is 283 g/mol. The predicted molar refractivity (Wildman–Crippen MR) is 75.1 cm³/mol. The van der Waals surface area contributed by atoms with Crippen LogP contribution in [0.4, 0.5) is 0 Å². The van der Waals surface area contributed by atoms with Crippen LogP contribution < -0.4 is 0 Å². The number of fused-ring (bicyclic) bond motifs is 1. The Hall–Kier alpha value is -1.84. The summed E-state index contributed by atoms with van der Waals surface area (Å²) >= 11 is 12.0. The van der Waals surface area contributed by atoms with Gasteiger partial charge in [0.15, 0.2) is 5.78 Å². The third kappa shape index (κ3) is 2.11. The molecule has 2 heterocycles. The average Bonchev–Trinajstić information content (AvgIpc) is 2.84. The van der Waals surface area contributed by atoms with E-state index in [0.717, 1.165) is 5.52 Å². The molecule has 3 nitrogen and oxygen atoms in total. The lowest BCUT2D eigenvalue weighted by Gasteiger charge is -2.03. The van der Waals surface area contributed by atoms with E-state index in [1.54, 1.807) is 28.9 Å². The number of carbonyl (C=O) groups excluding carboxylic acids is 1. The summed E-state index contributed by atoms with van der Waals surface area (Å²) in [6.07, 6.45) is 3.32. The first kappa shape index (κ1) is 12.2. The zero-order valence-electron chi connectivity index (χ0n) is 9.68. The lowest BCUT2D eigenvalue weighted by Crippen LogP contribution is -2.01.